The molecule has 8 aromatic heterocycles. The van der Waals surface area contributed by atoms with Gasteiger partial charge in [-0.15, -0.1) is 0 Å². The van der Waals surface area contributed by atoms with Crippen LogP contribution in [0, 0.1) is 23.3 Å². The molecule has 8 aromatic carbocycles. The molecule has 33 nitrogen and oxygen atoms in total. The maximum atomic E-state index is 15.0. The van der Waals surface area contributed by atoms with Crippen molar-refractivity contribution >= 4 is 124 Å². The number of carbonyl (C=O) groups excluding carboxylic acids is 2. The van der Waals surface area contributed by atoms with E-state index in [0.717, 1.165) is 56.1 Å². The Bertz CT molecular complexity index is 8090. The van der Waals surface area contributed by atoms with Gasteiger partial charge in [0.25, 0.3) is 11.1 Å². The van der Waals surface area contributed by atoms with Crippen molar-refractivity contribution in [2.45, 2.75) is 118 Å². The summed E-state index contributed by atoms with van der Waals surface area (Å²) in [6.45, 7) is 32.8. The Morgan fingerprint density at radius 1 is 0.447 bits per heavy atom. The summed E-state index contributed by atoms with van der Waals surface area (Å²) >= 11 is 26.3. The van der Waals surface area contributed by atoms with Crippen molar-refractivity contribution in [3.8, 4) is 79.5 Å². The number of aryl methyl sites for hydroxylation is 1. The number of methoxy groups -OCH3 is 2. The van der Waals surface area contributed by atoms with Gasteiger partial charge in [-0.2, -0.15) is 17.1 Å². The van der Waals surface area contributed by atoms with Gasteiger partial charge in [0, 0.05) is 80.7 Å². The van der Waals surface area contributed by atoms with Crippen LogP contribution < -0.4 is 88.2 Å². The summed E-state index contributed by atoms with van der Waals surface area (Å²) in [5.41, 5.74) is 5.34. The number of ether oxygens (including phenoxy) is 2. The fourth-order valence-corrected chi connectivity index (χ4v) is 17.1. The number of aliphatic hydroxyl groups excluding tert-OH is 1. The number of para-hydroxylation sites is 4. The summed E-state index contributed by atoms with van der Waals surface area (Å²) in [6.07, 6.45) is 3.12. The van der Waals surface area contributed by atoms with Crippen molar-refractivity contribution in [3.63, 3.8) is 0 Å². The van der Waals surface area contributed by atoms with Crippen molar-refractivity contribution in [1.29, 1.82) is 0 Å². The minimum absolute atomic E-state index is 0. The number of aromatic nitrogens is 16. The molecule has 0 spiro atoms. The molecule has 0 unspecified atom stereocenters. The number of hydrogen-bond donors (Lipinski definition) is 4. The summed E-state index contributed by atoms with van der Waals surface area (Å²) in [4.78, 5) is 155. The van der Waals surface area contributed by atoms with Crippen molar-refractivity contribution in [3.05, 3.63) is 344 Å². The monoisotopic (exact) mass is 2170 g/mol. The van der Waals surface area contributed by atoms with Gasteiger partial charge in [0.15, 0.2) is 55.3 Å². The molecule has 2 fully saturated rings. The van der Waals surface area contributed by atoms with Crippen molar-refractivity contribution in [2.24, 2.45) is 0 Å². The quantitative estimate of drug-likeness (QED) is 0.0204. The number of rotatable bonds is 18. The first-order valence-electron chi connectivity index (χ1n) is 46.7. The number of piperazine rings is 2. The Labute approximate surface area is 905 Å². The molecule has 150 heavy (non-hydrogen) atoms. The summed E-state index contributed by atoms with van der Waals surface area (Å²) in [7, 11) is 4.60. The molecular weight excluding hydrogens is 2070 g/mol. The number of aliphatic hydroxyl groups is 1. The Balaban J connectivity index is 0.000000193. The third-order valence-electron chi connectivity index (χ3n) is 23.5. The van der Waals surface area contributed by atoms with E-state index in [1.54, 1.807) is 95.9 Å². The molecule has 2 saturated heterocycles. The van der Waals surface area contributed by atoms with E-state index in [-0.39, 0.29) is 172 Å². The molecule has 0 bridgehead atoms. The molecule has 2 atom stereocenters. The smallest absolute Gasteiger partial charge is 0.857 e. The summed E-state index contributed by atoms with van der Waals surface area (Å²) in [5, 5.41) is 15.1. The molecule has 10 heterocycles. The largest absolute Gasteiger partial charge is 1.00 e. The molecule has 16 aromatic rings. The number of H-pyrrole nitrogens is 2. The first kappa shape index (κ1) is 118. The van der Waals surface area contributed by atoms with Gasteiger partial charge >= 0.3 is 57.5 Å². The number of halogens is 9. The van der Waals surface area contributed by atoms with E-state index in [4.69, 9.17) is 52.9 Å². The standard InChI is InChI=1S/C30H31FN6O3.C23H21FN4O2.C22H18ClFN4O2.C21H16ClFN4O2.C8H14N2O.CH4O.CH3O.Cl3OP.Na/c1-6-24(38)35-15-16-36(19(4)17-35)27-26-28(32-25(29(33-26)40-5)21-12-7-9-13-22(21)31)37(30(39)34-27)23-14-10-8-11-20(23)18(2)3;1-4-17-19(15-10-5-7-11-16(15)24)26-21-20(25-17)22(29)27-23(30)28(21)18-12-8-6-9-14(18)13(2)3;1-12(2)13-8-5-7-11-16(13)28-20-18(19(23)27-22(28)29)26-21(30-3)17(25-20)14-9-4-6-10-15(14)24;1-11(2)12-7-4-6-10-15(12)27-19-17(20(28)26-21(27)29)24-18(22)16(25-19)13-8-3-5-9-14(13)23;1-3-8(11)10-5-4-9-7(2)6-10;2*1-2;1-5(2,3)4;/h6-14,18-19H,1,15-17H2,2-5H3;5-13H,4H2,1-3H3,(H,27,29,30);4-12H,1-3H3;3-11H,1-2H3,(H,26,28,29);3,7,9H,1,4-6H2,2H3;2H,1H3;1H3;;/q;;;;;;-1;;+1/t19-;;;;7-;;;;/m0...0..../s1. The van der Waals surface area contributed by atoms with E-state index in [2.05, 4.69) is 109 Å². The number of nitrogens with one attached hydrogen (secondary N) is 3. The number of hydrogen-bond acceptors (Lipinski definition) is 25. The minimum atomic E-state index is -3.22. The van der Waals surface area contributed by atoms with Crippen LogP contribution in [0.1, 0.15) is 128 Å². The van der Waals surface area contributed by atoms with Crippen LogP contribution in [0.4, 0.5) is 23.4 Å². The Hall–Kier alpha value is -13.7. The maximum Gasteiger partial charge on any atom is 1.00 e. The molecule has 2 amide bonds. The number of benzene rings is 8. The van der Waals surface area contributed by atoms with Crippen LogP contribution >= 0.6 is 62.1 Å². The second-order valence-corrected chi connectivity index (χ2v) is 41.8. The summed E-state index contributed by atoms with van der Waals surface area (Å²) < 4.78 is 84.2. The zero-order valence-electron chi connectivity index (χ0n) is 84.8. The van der Waals surface area contributed by atoms with Crippen LogP contribution in [-0.4, -0.2) is 185 Å². The van der Waals surface area contributed by atoms with E-state index in [1.807, 2.05) is 152 Å². The first-order valence-corrected chi connectivity index (χ1v) is 51.8. The van der Waals surface area contributed by atoms with Gasteiger partial charge < -0.3 is 39.7 Å². The molecule has 4 N–H and O–H groups in total. The zero-order valence-corrected chi connectivity index (χ0v) is 91.4. The van der Waals surface area contributed by atoms with Gasteiger partial charge in [0.2, 0.25) is 23.6 Å². The topological polar surface area (TPSA) is 417 Å². The normalized spacial score (nSPS) is 13.1. The van der Waals surface area contributed by atoms with Crippen molar-refractivity contribution < 1.29 is 81.0 Å². The summed E-state index contributed by atoms with van der Waals surface area (Å²) in [5.74, 6) is -1.07. The van der Waals surface area contributed by atoms with Gasteiger partial charge in [-0.25, -0.2) is 94.9 Å². The third kappa shape index (κ3) is 27.4. The van der Waals surface area contributed by atoms with Crippen LogP contribution in [0.2, 0.25) is 10.3 Å². The van der Waals surface area contributed by atoms with Gasteiger partial charge in [0.05, 0.1) is 48.4 Å². The van der Waals surface area contributed by atoms with Crippen LogP contribution in [0.15, 0.2) is 248 Å². The molecule has 18 rings (SSSR count). The number of aromatic amines is 2. The SMILES string of the molecule is C=CC(=O)N1CCN(c2nc(=O)n(-c3ccccc3C(C)C)c3nc(-c4ccccc4F)c(OC)nc23)[C@@H](C)C1.C=CC(=O)N1CCN[C@@H](C)C1.CC(C)c1ccccc1-n1c(=O)[nH]c(=O)c2nc(Cl)c(-c3ccccc3F)nc21.CCc1nc2c(=O)[nH]c(=O)n(-c3ccccc3C(C)C)c2nc1-c1ccccc1F.CO.COc1nc2c(Cl)nc(=O)n(-c3ccccc3C(C)C)c2nc1-c1ccccc1F.C[O-].O=P(Cl)(Cl)Cl.[Na+]. The van der Waals surface area contributed by atoms with Gasteiger partial charge in [-0.3, -0.25) is 33.7 Å². The molecular formula is C106H107Cl5F4N20NaO13P. The molecule has 44 heteroatoms. The number of fused-ring (bicyclic) bond motifs is 4. The van der Waals surface area contributed by atoms with E-state index in [0.29, 0.717) is 77.6 Å². The van der Waals surface area contributed by atoms with Crippen molar-refractivity contribution in [2.75, 3.05) is 72.6 Å². The van der Waals surface area contributed by atoms with Crippen LogP contribution in [-0.2, 0) is 20.6 Å². The average Bonchev–Trinajstić information content (AvgIpc) is 0.654. The molecule has 0 aliphatic carbocycles. The second kappa shape index (κ2) is 53.7. The van der Waals surface area contributed by atoms with E-state index >= 15 is 0 Å². The zero-order chi connectivity index (χ0) is 109. The Morgan fingerprint density at radius 3 is 1.15 bits per heavy atom. The maximum absolute atomic E-state index is 15.0. The third-order valence-corrected chi connectivity index (χ3v) is 24.0. The molecule has 0 saturated carbocycles. The second-order valence-electron chi connectivity index (χ2n) is 34.4. The van der Waals surface area contributed by atoms with E-state index < -0.39 is 62.3 Å². The minimum Gasteiger partial charge on any atom is -0.857 e. The van der Waals surface area contributed by atoms with E-state index in [9.17, 15) is 60.5 Å². The number of amides is 2. The van der Waals surface area contributed by atoms with Gasteiger partial charge in [-0.05, 0) is 185 Å². The fraction of sp³-hybridized carbons (Fsp3) is 0.264. The average molecular weight is 2180 g/mol. The van der Waals surface area contributed by atoms with Crippen LogP contribution in [0.5, 0.6) is 11.8 Å². The molecule has 2 aliphatic rings. The number of nitrogens with zero attached hydrogens (tertiary/aromatic N) is 17. The van der Waals surface area contributed by atoms with Crippen LogP contribution in [0.3, 0.4) is 0 Å². The first-order chi connectivity index (χ1) is 71.2. The number of carbonyl (C=O) groups is 2. The Kier molecular flexibility index (Phi) is 42.3. The molecule has 0 radical (unpaired) electrons. The van der Waals surface area contributed by atoms with Gasteiger partial charge in [-0.1, -0.05) is 220 Å². The van der Waals surface area contributed by atoms with Crippen LogP contribution in [0.25, 0.3) is 112 Å². The van der Waals surface area contributed by atoms with Crippen molar-refractivity contribution in [1.82, 2.24) is 93.2 Å². The summed E-state index contributed by atoms with van der Waals surface area (Å²) in [6, 6.07) is 54.6. The molecule has 778 valence electrons. The fourth-order valence-electron chi connectivity index (χ4n) is 16.6. The number of anilines is 1. The predicted molar refractivity (Wildman–Crippen MR) is 575 cm³/mol. The Morgan fingerprint density at radius 2 is 0.773 bits per heavy atom. The van der Waals surface area contributed by atoms with Gasteiger partial charge in [0.1, 0.15) is 45.9 Å². The molecule has 2 aliphatic heterocycles. The van der Waals surface area contributed by atoms with E-state index in [1.165, 1.54) is 75.0 Å². The predicted octanol–water partition coefficient (Wildman–Crippen LogP) is 15.5.